The van der Waals surface area contributed by atoms with Crippen molar-refractivity contribution in [1.82, 2.24) is 10.3 Å². The van der Waals surface area contributed by atoms with Gasteiger partial charge in [-0.2, -0.15) is 0 Å². The first-order valence-electron chi connectivity index (χ1n) is 10.0. The molecule has 1 aliphatic rings. The van der Waals surface area contributed by atoms with Crippen molar-refractivity contribution in [3.63, 3.8) is 0 Å². The van der Waals surface area contributed by atoms with Gasteiger partial charge in [-0.3, -0.25) is 9.59 Å². The Morgan fingerprint density at radius 2 is 2.12 bits per heavy atom. The number of carbonyl (C=O) groups is 3. The van der Waals surface area contributed by atoms with E-state index in [0.717, 1.165) is 20.1 Å². The number of anilines is 1. The molecule has 1 atom stereocenters. The fourth-order valence-corrected chi connectivity index (χ4v) is 5.48. The fourth-order valence-electron chi connectivity index (χ4n) is 3.44. The van der Waals surface area contributed by atoms with Crippen LogP contribution in [-0.4, -0.2) is 41.7 Å². The highest BCUT2D eigenvalue weighted by molar-refractivity contribution is 8.01. The van der Waals surface area contributed by atoms with Crippen molar-refractivity contribution in [1.29, 1.82) is 0 Å². The van der Waals surface area contributed by atoms with Crippen molar-refractivity contribution >= 4 is 56.8 Å². The van der Waals surface area contributed by atoms with E-state index in [1.54, 1.807) is 6.07 Å². The third-order valence-electron chi connectivity index (χ3n) is 4.91. The van der Waals surface area contributed by atoms with Crippen LogP contribution in [0.4, 0.5) is 10.5 Å². The van der Waals surface area contributed by atoms with Gasteiger partial charge in [0.05, 0.1) is 16.1 Å². The molecule has 0 unspecified atom stereocenters. The van der Waals surface area contributed by atoms with Crippen LogP contribution in [0.25, 0.3) is 10.2 Å². The molecule has 3 aromatic rings. The maximum absolute atomic E-state index is 12.8. The first-order chi connectivity index (χ1) is 15.5. The van der Waals surface area contributed by atoms with E-state index < -0.39 is 12.0 Å². The van der Waals surface area contributed by atoms with Crippen molar-refractivity contribution in [2.75, 3.05) is 24.2 Å². The minimum Gasteiger partial charge on any atom is -0.445 e. The summed E-state index contributed by atoms with van der Waals surface area (Å²) < 4.78 is 6.68. The van der Waals surface area contributed by atoms with Crippen LogP contribution in [0, 0.1) is 0 Å². The molecule has 0 radical (unpaired) electrons. The summed E-state index contributed by atoms with van der Waals surface area (Å²) in [6.45, 7) is 4.13. The predicted octanol–water partition coefficient (Wildman–Crippen LogP) is 4.61. The molecule has 1 heterocycles. The summed E-state index contributed by atoms with van der Waals surface area (Å²) in [6.07, 6.45) is 1.24. The van der Waals surface area contributed by atoms with Gasteiger partial charge in [0, 0.05) is 30.0 Å². The number of Topliss-reactive ketones (excluding diaryl/α,β-unsaturated/α-hetero) is 1. The molecule has 2 amide bonds. The number of ketones is 1. The number of carbonyl (C=O) groups excluding carboxylic acids is 3. The van der Waals surface area contributed by atoms with Gasteiger partial charge < -0.3 is 15.4 Å². The number of ether oxygens (including phenoxy) is 1. The molecule has 1 aliphatic carbocycles. The van der Waals surface area contributed by atoms with Crippen LogP contribution in [0.1, 0.15) is 28.3 Å². The Morgan fingerprint density at radius 1 is 1.28 bits per heavy atom. The Kier molecular flexibility index (Phi) is 6.87. The molecule has 1 aromatic heterocycles. The minimum absolute atomic E-state index is 0.00350. The van der Waals surface area contributed by atoms with E-state index >= 15 is 0 Å². The predicted molar refractivity (Wildman–Crippen MR) is 127 cm³/mol. The van der Waals surface area contributed by atoms with E-state index in [1.807, 2.05) is 36.4 Å². The monoisotopic (exact) mass is 467 g/mol. The summed E-state index contributed by atoms with van der Waals surface area (Å²) >= 11 is 3.06. The Morgan fingerprint density at radius 3 is 2.97 bits per heavy atom. The van der Waals surface area contributed by atoms with Gasteiger partial charge in [-0.15, -0.1) is 11.3 Å². The summed E-state index contributed by atoms with van der Waals surface area (Å²) in [7, 11) is 0. The number of alkyl carbamates (subject to hydrolysis) is 1. The maximum atomic E-state index is 12.8. The average Bonchev–Trinajstić information content (AvgIpc) is 3.36. The third-order valence-corrected chi connectivity index (χ3v) is 7.07. The second-order valence-electron chi connectivity index (χ2n) is 7.08. The number of aromatic nitrogens is 1. The van der Waals surface area contributed by atoms with Crippen LogP contribution in [0.3, 0.4) is 0 Å². The average molecular weight is 468 g/mol. The molecular weight excluding hydrogens is 446 g/mol. The lowest BCUT2D eigenvalue weighted by Gasteiger charge is -2.11. The number of fused-ring (bicyclic) bond motifs is 2. The Hall–Kier alpha value is -3.17. The van der Waals surface area contributed by atoms with Crippen molar-refractivity contribution in [2.45, 2.75) is 16.7 Å². The van der Waals surface area contributed by atoms with Crippen molar-refractivity contribution < 1.29 is 19.1 Å². The van der Waals surface area contributed by atoms with Crippen molar-refractivity contribution in [3.05, 3.63) is 66.2 Å². The van der Waals surface area contributed by atoms with E-state index in [0.29, 0.717) is 23.5 Å². The lowest BCUT2D eigenvalue weighted by Crippen LogP contribution is -2.26. The SMILES string of the molecule is C=CCOC(=O)NCCSc1nc2ccc(NC(=O)[C@H]3CC(=O)c4ccccc43)cc2s1. The molecule has 0 saturated heterocycles. The zero-order chi connectivity index (χ0) is 22.5. The van der Waals surface area contributed by atoms with Gasteiger partial charge in [0.25, 0.3) is 0 Å². The maximum Gasteiger partial charge on any atom is 0.407 e. The van der Waals surface area contributed by atoms with Crippen LogP contribution in [0.15, 0.2) is 59.5 Å². The third kappa shape index (κ3) is 5.00. The molecule has 0 fully saturated rings. The van der Waals surface area contributed by atoms with Crippen LogP contribution in [-0.2, 0) is 9.53 Å². The van der Waals surface area contributed by atoms with Gasteiger partial charge in [-0.05, 0) is 23.8 Å². The number of hydrogen-bond acceptors (Lipinski definition) is 7. The van der Waals surface area contributed by atoms with E-state index in [9.17, 15) is 14.4 Å². The molecular formula is C23H21N3O4S2. The standard InChI is InChI=1S/C23H21N3O4S2/c1-2-10-30-22(29)24-9-11-31-23-26-18-8-7-14(12-20(18)32-23)25-21(28)17-13-19(27)16-6-4-3-5-15(16)17/h2-8,12,17H,1,9-11,13H2,(H,24,29)(H,25,28)/t17-/m0/s1. The summed E-state index contributed by atoms with van der Waals surface area (Å²) in [5, 5.41) is 5.61. The Labute approximate surface area is 193 Å². The van der Waals surface area contributed by atoms with Gasteiger partial charge in [-0.1, -0.05) is 48.7 Å². The zero-order valence-corrected chi connectivity index (χ0v) is 18.8. The zero-order valence-electron chi connectivity index (χ0n) is 17.1. The molecule has 0 spiro atoms. The number of benzene rings is 2. The molecule has 4 rings (SSSR count). The second-order valence-corrected chi connectivity index (χ2v) is 9.45. The number of nitrogens with zero attached hydrogens (tertiary/aromatic N) is 1. The van der Waals surface area contributed by atoms with Crippen LogP contribution in [0.5, 0.6) is 0 Å². The first-order valence-corrected chi connectivity index (χ1v) is 11.8. The molecule has 7 nitrogen and oxygen atoms in total. The topological polar surface area (TPSA) is 97.4 Å². The van der Waals surface area contributed by atoms with E-state index in [4.69, 9.17) is 4.74 Å². The molecule has 2 aromatic carbocycles. The van der Waals surface area contributed by atoms with E-state index in [-0.39, 0.29) is 24.7 Å². The lowest BCUT2D eigenvalue weighted by molar-refractivity contribution is -0.117. The van der Waals surface area contributed by atoms with Gasteiger partial charge >= 0.3 is 6.09 Å². The molecule has 0 saturated carbocycles. The quantitative estimate of drug-likeness (QED) is 0.285. The van der Waals surface area contributed by atoms with Gasteiger partial charge in [0.2, 0.25) is 5.91 Å². The molecule has 2 N–H and O–H groups in total. The van der Waals surface area contributed by atoms with Gasteiger partial charge in [0.1, 0.15) is 6.61 Å². The fraction of sp³-hybridized carbons (Fsp3) is 0.217. The number of nitrogens with one attached hydrogen (secondary N) is 2. The molecule has 9 heteroatoms. The largest absolute Gasteiger partial charge is 0.445 e. The summed E-state index contributed by atoms with van der Waals surface area (Å²) in [6, 6.07) is 12.8. The Balaban J connectivity index is 1.35. The number of amides is 2. The van der Waals surface area contributed by atoms with Crippen molar-refractivity contribution in [3.8, 4) is 0 Å². The molecule has 0 aliphatic heterocycles. The summed E-state index contributed by atoms with van der Waals surface area (Å²) in [5.74, 6) is 0.00875. The van der Waals surface area contributed by atoms with Crippen LogP contribution >= 0.6 is 23.1 Å². The first kappa shape index (κ1) is 22.0. The van der Waals surface area contributed by atoms with Gasteiger partial charge in [-0.25, -0.2) is 9.78 Å². The molecule has 0 bridgehead atoms. The number of rotatable bonds is 8. The van der Waals surface area contributed by atoms with E-state index in [1.165, 1.54) is 29.2 Å². The summed E-state index contributed by atoms with van der Waals surface area (Å²) in [4.78, 5) is 41.0. The highest BCUT2D eigenvalue weighted by atomic mass is 32.2. The highest BCUT2D eigenvalue weighted by Gasteiger charge is 2.33. The minimum atomic E-state index is -0.471. The van der Waals surface area contributed by atoms with Crippen LogP contribution < -0.4 is 10.6 Å². The number of thiazole rings is 1. The van der Waals surface area contributed by atoms with Gasteiger partial charge in [0.15, 0.2) is 10.1 Å². The van der Waals surface area contributed by atoms with Crippen molar-refractivity contribution in [2.24, 2.45) is 0 Å². The number of hydrogen-bond donors (Lipinski definition) is 2. The van der Waals surface area contributed by atoms with E-state index in [2.05, 4.69) is 22.2 Å². The molecule has 164 valence electrons. The normalized spacial score (nSPS) is 14.8. The summed E-state index contributed by atoms with van der Waals surface area (Å²) in [5.41, 5.74) is 2.94. The second kappa shape index (κ2) is 9.97. The van der Waals surface area contributed by atoms with Crippen LogP contribution in [0.2, 0.25) is 0 Å². The molecule has 32 heavy (non-hydrogen) atoms. The highest BCUT2D eigenvalue weighted by Crippen LogP contribution is 2.35. The lowest BCUT2D eigenvalue weighted by atomic mass is 10.0. The Bertz CT molecular complexity index is 1190. The smallest absolute Gasteiger partial charge is 0.407 e. The number of thioether (sulfide) groups is 1.